The monoisotopic (exact) mass is 307 g/mol. The Hall–Kier alpha value is -3.06. The second-order valence-electron chi connectivity index (χ2n) is 4.77. The van der Waals surface area contributed by atoms with Crippen molar-refractivity contribution in [1.82, 2.24) is 0 Å². The molecule has 0 saturated carbocycles. The van der Waals surface area contributed by atoms with E-state index in [1.807, 2.05) is 30.3 Å². The van der Waals surface area contributed by atoms with Crippen LogP contribution in [-0.4, -0.2) is 13.1 Å². The Morgan fingerprint density at radius 3 is 2.52 bits per heavy atom. The molecule has 0 bridgehead atoms. The Bertz CT molecular complexity index is 758. The number of carbonyl (C=O) groups excluding carboxylic acids is 1. The predicted octanol–water partition coefficient (Wildman–Crippen LogP) is 4.07. The van der Waals surface area contributed by atoms with Gasteiger partial charge in [-0.1, -0.05) is 43.3 Å². The van der Waals surface area contributed by atoms with Gasteiger partial charge < -0.3 is 9.47 Å². The number of carbonyl (C=O) groups is 1. The van der Waals surface area contributed by atoms with E-state index in [2.05, 4.69) is 6.07 Å². The summed E-state index contributed by atoms with van der Waals surface area (Å²) in [5, 5.41) is 9.35. The molecule has 0 spiro atoms. The first-order valence-electron chi connectivity index (χ1n) is 7.24. The molecule has 4 heteroatoms. The first kappa shape index (κ1) is 16.3. The van der Waals surface area contributed by atoms with Gasteiger partial charge in [-0.15, -0.1) is 0 Å². The average Bonchev–Trinajstić information content (AvgIpc) is 2.61. The molecule has 116 valence electrons. The minimum atomic E-state index is -0.325. The van der Waals surface area contributed by atoms with E-state index in [0.29, 0.717) is 17.1 Å². The zero-order chi connectivity index (χ0) is 16.7. The fraction of sp³-hybridized carbons (Fsp3) is 0.158. The summed E-state index contributed by atoms with van der Waals surface area (Å²) in [7, 11) is 1.51. The number of methoxy groups -OCH3 is 1. The summed E-state index contributed by atoms with van der Waals surface area (Å²) in [6.07, 6.45) is 2.06. The van der Waals surface area contributed by atoms with Crippen LogP contribution in [0.3, 0.4) is 0 Å². The summed E-state index contributed by atoms with van der Waals surface area (Å²) < 4.78 is 10.5. The van der Waals surface area contributed by atoms with E-state index < -0.39 is 0 Å². The summed E-state index contributed by atoms with van der Waals surface area (Å²) in [5.41, 5.74) is 2.18. The number of benzene rings is 2. The Balaban J connectivity index is 2.35. The number of allylic oxidation sites excluding steroid dienone is 1. The van der Waals surface area contributed by atoms with Gasteiger partial charge in [0, 0.05) is 6.42 Å². The molecule has 0 atom stereocenters. The minimum absolute atomic E-state index is 0.289. The maximum Gasteiger partial charge on any atom is 0.311 e. The van der Waals surface area contributed by atoms with Gasteiger partial charge in [0.1, 0.15) is 0 Å². The Kier molecular flexibility index (Phi) is 5.54. The van der Waals surface area contributed by atoms with Gasteiger partial charge in [0.15, 0.2) is 11.5 Å². The van der Waals surface area contributed by atoms with Crippen LogP contribution in [0.2, 0.25) is 0 Å². The smallest absolute Gasteiger partial charge is 0.311 e. The van der Waals surface area contributed by atoms with Crippen LogP contribution in [0, 0.1) is 11.3 Å². The molecule has 0 N–H and O–H groups in total. The van der Waals surface area contributed by atoms with Crippen molar-refractivity contribution in [2.75, 3.05) is 7.11 Å². The molecule has 2 aromatic carbocycles. The Morgan fingerprint density at radius 2 is 1.91 bits per heavy atom. The molecule has 2 aromatic rings. The van der Waals surface area contributed by atoms with E-state index >= 15 is 0 Å². The van der Waals surface area contributed by atoms with E-state index in [1.54, 1.807) is 31.2 Å². The number of hydrogen-bond donors (Lipinski definition) is 0. The lowest BCUT2D eigenvalue weighted by Crippen LogP contribution is -2.06. The molecule has 0 heterocycles. The lowest BCUT2D eigenvalue weighted by Gasteiger charge is -2.09. The number of ether oxygens (including phenoxy) is 2. The molecule has 23 heavy (non-hydrogen) atoms. The standard InChI is InChI=1S/C19H17NO3/c1-3-19(21)23-17-10-9-14(12-18(17)22-2)11-16(13-20)15-7-5-4-6-8-15/h4-12H,3H2,1-2H3/b16-11+. The molecule has 2 rings (SSSR count). The normalized spacial score (nSPS) is 10.7. The number of hydrogen-bond acceptors (Lipinski definition) is 4. The first-order valence-corrected chi connectivity index (χ1v) is 7.24. The molecule has 0 fully saturated rings. The highest BCUT2D eigenvalue weighted by Crippen LogP contribution is 2.30. The van der Waals surface area contributed by atoms with Crippen LogP contribution in [-0.2, 0) is 4.79 Å². The SMILES string of the molecule is CCC(=O)Oc1ccc(/C=C(\C#N)c2ccccc2)cc1OC. The molecular formula is C19H17NO3. The quantitative estimate of drug-likeness (QED) is 0.361. The molecule has 0 aliphatic rings. The van der Waals surface area contributed by atoms with E-state index in [9.17, 15) is 10.1 Å². The largest absolute Gasteiger partial charge is 0.493 e. The van der Waals surface area contributed by atoms with Crippen molar-refractivity contribution in [3.8, 4) is 17.6 Å². The van der Waals surface area contributed by atoms with Crippen molar-refractivity contribution in [2.45, 2.75) is 13.3 Å². The second kappa shape index (κ2) is 7.81. The fourth-order valence-corrected chi connectivity index (χ4v) is 2.02. The van der Waals surface area contributed by atoms with Crippen LogP contribution < -0.4 is 9.47 Å². The van der Waals surface area contributed by atoms with Crippen LogP contribution in [0.5, 0.6) is 11.5 Å². The van der Waals surface area contributed by atoms with Crippen LogP contribution in [0.15, 0.2) is 48.5 Å². The van der Waals surface area contributed by atoms with Crippen LogP contribution >= 0.6 is 0 Å². The highest BCUT2D eigenvalue weighted by atomic mass is 16.6. The summed E-state index contributed by atoms with van der Waals surface area (Å²) in [6, 6.07) is 16.8. The average molecular weight is 307 g/mol. The highest BCUT2D eigenvalue weighted by Gasteiger charge is 2.09. The van der Waals surface area contributed by atoms with Crippen molar-refractivity contribution in [3.63, 3.8) is 0 Å². The molecule has 0 aliphatic carbocycles. The number of nitriles is 1. The number of rotatable bonds is 5. The molecule has 0 aliphatic heterocycles. The van der Waals surface area contributed by atoms with Crippen LogP contribution in [0.25, 0.3) is 11.6 Å². The van der Waals surface area contributed by atoms with Crippen molar-refractivity contribution < 1.29 is 14.3 Å². The van der Waals surface area contributed by atoms with Gasteiger partial charge in [0.05, 0.1) is 18.8 Å². The lowest BCUT2D eigenvalue weighted by atomic mass is 10.0. The topological polar surface area (TPSA) is 59.3 Å². The van der Waals surface area contributed by atoms with E-state index in [1.165, 1.54) is 7.11 Å². The van der Waals surface area contributed by atoms with Crippen molar-refractivity contribution in [3.05, 3.63) is 59.7 Å². The fourth-order valence-electron chi connectivity index (χ4n) is 2.02. The first-order chi connectivity index (χ1) is 11.2. The van der Waals surface area contributed by atoms with E-state index in [0.717, 1.165) is 11.1 Å². The summed E-state index contributed by atoms with van der Waals surface area (Å²) in [6.45, 7) is 1.73. The summed E-state index contributed by atoms with van der Waals surface area (Å²) in [5.74, 6) is 0.495. The van der Waals surface area contributed by atoms with Gasteiger partial charge in [-0.3, -0.25) is 4.79 Å². The molecule has 0 aromatic heterocycles. The third-order valence-corrected chi connectivity index (χ3v) is 3.22. The van der Waals surface area contributed by atoms with Crippen LogP contribution in [0.1, 0.15) is 24.5 Å². The third-order valence-electron chi connectivity index (χ3n) is 3.22. The number of esters is 1. The molecular weight excluding hydrogens is 290 g/mol. The van der Waals surface area contributed by atoms with Gasteiger partial charge >= 0.3 is 5.97 Å². The zero-order valence-electron chi connectivity index (χ0n) is 13.1. The van der Waals surface area contributed by atoms with Gasteiger partial charge in [-0.2, -0.15) is 5.26 Å². The zero-order valence-corrected chi connectivity index (χ0v) is 13.1. The third kappa shape index (κ3) is 4.21. The van der Waals surface area contributed by atoms with Gasteiger partial charge in [-0.05, 0) is 29.3 Å². The van der Waals surface area contributed by atoms with Crippen molar-refractivity contribution >= 4 is 17.6 Å². The van der Waals surface area contributed by atoms with Crippen molar-refractivity contribution in [1.29, 1.82) is 5.26 Å². The van der Waals surface area contributed by atoms with Crippen LogP contribution in [0.4, 0.5) is 0 Å². The Labute approximate surface area is 135 Å². The summed E-state index contributed by atoms with van der Waals surface area (Å²) >= 11 is 0. The van der Waals surface area contributed by atoms with Gasteiger partial charge in [0.2, 0.25) is 0 Å². The minimum Gasteiger partial charge on any atom is -0.493 e. The second-order valence-corrected chi connectivity index (χ2v) is 4.77. The maximum atomic E-state index is 11.4. The van der Waals surface area contributed by atoms with Gasteiger partial charge in [-0.25, -0.2) is 0 Å². The predicted molar refractivity (Wildman–Crippen MR) is 88.8 cm³/mol. The highest BCUT2D eigenvalue weighted by molar-refractivity contribution is 5.89. The molecule has 4 nitrogen and oxygen atoms in total. The van der Waals surface area contributed by atoms with Gasteiger partial charge in [0.25, 0.3) is 0 Å². The van der Waals surface area contributed by atoms with Crippen molar-refractivity contribution in [2.24, 2.45) is 0 Å². The molecule has 0 unspecified atom stereocenters. The molecule has 0 amide bonds. The summed E-state index contributed by atoms with van der Waals surface area (Å²) in [4.78, 5) is 11.4. The Morgan fingerprint density at radius 1 is 1.17 bits per heavy atom. The molecule has 0 radical (unpaired) electrons. The van der Waals surface area contributed by atoms with E-state index in [-0.39, 0.29) is 12.4 Å². The maximum absolute atomic E-state index is 11.4. The van der Waals surface area contributed by atoms with E-state index in [4.69, 9.17) is 9.47 Å². The number of nitrogens with zero attached hydrogens (tertiary/aromatic N) is 1. The lowest BCUT2D eigenvalue weighted by molar-refractivity contribution is -0.134. The molecule has 0 saturated heterocycles.